The van der Waals surface area contributed by atoms with Crippen LogP contribution in [0.15, 0.2) is 36.4 Å². The van der Waals surface area contributed by atoms with Crippen LogP contribution in [0.5, 0.6) is 0 Å². The van der Waals surface area contributed by atoms with Crippen LogP contribution in [-0.2, 0) is 0 Å². The lowest BCUT2D eigenvalue weighted by Gasteiger charge is -2.22. The molecule has 0 saturated heterocycles. The number of aryl methyl sites for hydroxylation is 2. The molecule has 2 rings (SSSR count). The summed E-state index contributed by atoms with van der Waals surface area (Å²) in [5.41, 5.74) is 2.70. The van der Waals surface area contributed by atoms with Crippen molar-refractivity contribution in [3.63, 3.8) is 0 Å². The van der Waals surface area contributed by atoms with E-state index in [-0.39, 0.29) is 6.04 Å². The highest BCUT2D eigenvalue weighted by Gasteiger charge is 2.21. The molecule has 0 spiro atoms. The van der Waals surface area contributed by atoms with E-state index in [1.807, 2.05) is 38.1 Å². The van der Waals surface area contributed by atoms with E-state index in [2.05, 4.69) is 5.32 Å². The van der Waals surface area contributed by atoms with Crippen molar-refractivity contribution in [3.05, 3.63) is 70.3 Å². The molecule has 0 fully saturated rings. The fourth-order valence-corrected chi connectivity index (χ4v) is 2.39. The number of hydrogen-bond acceptors (Lipinski definition) is 1. The minimum Gasteiger partial charge on any atom is -0.306 e. The first-order chi connectivity index (χ1) is 9.56. The van der Waals surface area contributed by atoms with E-state index in [0.717, 1.165) is 11.1 Å². The van der Waals surface area contributed by atoms with Crippen LogP contribution in [0.4, 0.5) is 8.78 Å². The third kappa shape index (κ3) is 2.73. The van der Waals surface area contributed by atoms with Gasteiger partial charge in [0.1, 0.15) is 0 Å². The fourth-order valence-electron chi connectivity index (χ4n) is 2.39. The third-order valence-corrected chi connectivity index (χ3v) is 3.52. The van der Waals surface area contributed by atoms with Crippen molar-refractivity contribution in [1.29, 1.82) is 0 Å². The second-order valence-electron chi connectivity index (χ2n) is 4.95. The Bertz CT molecular complexity index is 608. The zero-order chi connectivity index (χ0) is 14.7. The molecule has 0 bridgehead atoms. The van der Waals surface area contributed by atoms with E-state index in [9.17, 15) is 8.78 Å². The molecule has 0 heterocycles. The van der Waals surface area contributed by atoms with Crippen molar-refractivity contribution in [2.45, 2.75) is 26.8 Å². The zero-order valence-electron chi connectivity index (χ0n) is 12.0. The second kappa shape index (κ2) is 6.14. The molecule has 0 saturated carbocycles. The molecule has 0 radical (unpaired) electrons. The van der Waals surface area contributed by atoms with E-state index < -0.39 is 11.6 Å². The molecule has 0 aliphatic rings. The Morgan fingerprint density at radius 1 is 0.900 bits per heavy atom. The first-order valence-electron chi connectivity index (χ1n) is 6.79. The Kier molecular flexibility index (Phi) is 4.50. The van der Waals surface area contributed by atoms with Gasteiger partial charge in [-0.2, -0.15) is 0 Å². The van der Waals surface area contributed by atoms with Gasteiger partial charge in [-0.25, -0.2) is 8.78 Å². The quantitative estimate of drug-likeness (QED) is 0.878. The van der Waals surface area contributed by atoms with Crippen molar-refractivity contribution in [2.75, 3.05) is 6.54 Å². The second-order valence-corrected chi connectivity index (χ2v) is 4.95. The fraction of sp³-hybridized carbons (Fsp3) is 0.294. The molecule has 106 valence electrons. The highest BCUT2D eigenvalue weighted by Crippen LogP contribution is 2.28. The molecule has 0 aromatic heterocycles. The van der Waals surface area contributed by atoms with E-state index in [0.29, 0.717) is 17.7 Å². The van der Waals surface area contributed by atoms with Crippen LogP contribution in [0.25, 0.3) is 0 Å². The van der Waals surface area contributed by atoms with Crippen molar-refractivity contribution in [1.82, 2.24) is 5.32 Å². The van der Waals surface area contributed by atoms with Gasteiger partial charge < -0.3 is 5.32 Å². The van der Waals surface area contributed by atoms with E-state index in [4.69, 9.17) is 0 Å². The van der Waals surface area contributed by atoms with Crippen LogP contribution in [0.2, 0.25) is 0 Å². The van der Waals surface area contributed by atoms with E-state index in [1.165, 1.54) is 0 Å². The molecular weight excluding hydrogens is 256 g/mol. The van der Waals surface area contributed by atoms with Crippen molar-refractivity contribution >= 4 is 0 Å². The van der Waals surface area contributed by atoms with Crippen LogP contribution in [-0.4, -0.2) is 6.54 Å². The molecule has 1 atom stereocenters. The normalized spacial score (nSPS) is 12.4. The molecule has 20 heavy (non-hydrogen) atoms. The minimum absolute atomic E-state index is 0.325. The molecule has 2 aromatic rings. The Hall–Kier alpha value is -1.74. The van der Waals surface area contributed by atoms with Gasteiger partial charge >= 0.3 is 0 Å². The van der Waals surface area contributed by atoms with Crippen LogP contribution >= 0.6 is 0 Å². The summed E-state index contributed by atoms with van der Waals surface area (Å²) in [4.78, 5) is 0. The first kappa shape index (κ1) is 14.7. The molecule has 3 heteroatoms. The Balaban J connectivity index is 2.55. The van der Waals surface area contributed by atoms with Crippen molar-refractivity contribution in [2.24, 2.45) is 0 Å². The molecule has 2 aromatic carbocycles. The molecule has 1 N–H and O–H groups in total. The maximum absolute atomic E-state index is 14.2. The lowest BCUT2D eigenvalue weighted by Crippen LogP contribution is -2.24. The van der Waals surface area contributed by atoms with Crippen LogP contribution in [0.3, 0.4) is 0 Å². The summed E-state index contributed by atoms with van der Waals surface area (Å²) in [5, 5.41) is 3.24. The highest BCUT2D eigenvalue weighted by atomic mass is 19.2. The van der Waals surface area contributed by atoms with Crippen LogP contribution in [0.1, 0.15) is 35.2 Å². The van der Waals surface area contributed by atoms with Gasteiger partial charge in [-0.15, -0.1) is 0 Å². The van der Waals surface area contributed by atoms with Crippen molar-refractivity contribution in [3.8, 4) is 0 Å². The zero-order valence-corrected chi connectivity index (χ0v) is 12.0. The Morgan fingerprint density at radius 2 is 1.60 bits per heavy atom. The summed E-state index contributed by atoms with van der Waals surface area (Å²) >= 11 is 0. The smallest absolute Gasteiger partial charge is 0.164 e. The summed E-state index contributed by atoms with van der Waals surface area (Å²) in [6, 6.07) is 10.7. The van der Waals surface area contributed by atoms with Gasteiger partial charge in [0.25, 0.3) is 0 Å². The van der Waals surface area contributed by atoms with E-state index in [1.54, 1.807) is 19.1 Å². The van der Waals surface area contributed by atoms with Crippen LogP contribution < -0.4 is 5.32 Å². The molecule has 1 unspecified atom stereocenters. The largest absolute Gasteiger partial charge is 0.306 e. The lowest BCUT2D eigenvalue weighted by atomic mass is 9.93. The molecule has 0 aliphatic carbocycles. The van der Waals surface area contributed by atoms with Gasteiger partial charge in [-0.3, -0.25) is 0 Å². The van der Waals surface area contributed by atoms with Crippen molar-refractivity contribution < 1.29 is 8.78 Å². The SMILES string of the molecule is CCNC(c1ccccc1C)c1ccc(C)c(F)c1F. The third-order valence-electron chi connectivity index (χ3n) is 3.52. The summed E-state index contributed by atoms with van der Waals surface area (Å²) in [7, 11) is 0. The number of halogens is 2. The molecule has 0 amide bonds. The Morgan fingerprint density at radius 3 is 2.25 bits per heavy atom. The summed E-state index contributed by atoms with van der Waals surface area (Å²) in [6.45, 7) is 6.17. The number of nitrogens with one attached hydrogen (secondary N) is 1. The standard InChI is InChI=1S/C17H19F2N/c1-4-20-17(13-8-6-5-7-11(13)2)14-10-9-12(3)15(18)16(14)19/h5-10,17,20H,4H2,1-3H3. The van der Waals surface area contributed by atoms with Gasteiger partial charge in [0.15, 0.2) is 11.6 Å². The van der Waals surface area contributed by atoms with E-state index >= 15 is 0 Å². The maximum Gasteiger partial charge on any atom is 0.164 e. The predicted molar refractivity (Wildman–Crippen MR) is 77.8 cm³/mol. The van der Waals surface area contributed by atoms with Gasteiger partial charge in [-0.05, 0) is 37.1 Å². The lowest BCUT2D eigenvalue weighted by molar-refractivity contribution is 0.478. The maximum atomic E-state index is 14.2. The van der Waals surface area contributed by atoms with Gasteiger partial charge in [0.2, 0.25) is 0 Å². The predicted octanol–water partition coefficient (Wildman–Crippen LogP) is 4.28. The summed E-state index contributed by atoms with van der Waals surface area (Å²) in [6.07, 6.45) is 0. The average molecular weight is 275 g/mol. The highest BCUT2D eigenvalue weighted by molar-refractivity contribution is 5.38. The number of hydrogen-bond donors (Lipinski definition) is 1. The van der Waals surface area contributed by atoms with Gasteiger partial charge in [0, 0.05) is 5.56 Å². The summed E-state index contributed by atoms with van der Waals surface area (Å²) < 4.78 is 28.0. The average Bonchev–Trinajstić information content (AvgIpc) is 2.44. The molecule has 0 aliphatic heterocycles. The van der Waals surface area contributed by atoms with Gasteiger partial charge in [0.05, 0.1) is 6.04 Å². The Labute approximate surface area is 118 Å². The van der Waals surface area contributed by atoms with Crippen LogP contribution in [0, 0.1) is 25.5 Å². The number of rotatable bonds is 4. The molecule has 1 nitrogen and oxygen atoms in total. The monoisotopic (exact) mass is 275 g/mol. The topological polar surface area (TPSA) is 12.0 Å². The molecular formula is C17H19F2N. The minimum atomic E-state index is -0.765. The first-order valence-corrected chi connectivity index (χ1v) is 6.79. The summed E-state index contributed by atoms with van der Waals surface area (Å²) in [5.74, 6) is -1.53. The van der Waals surface area contributed by atoms with Gasteiger partial charge in [-0.1, -0.05) is 43.3 Å². The number of benzene rings is 2.